The second-order valence-electron chi connectivity index (χ2n) is 5.40. The largest absolute Gasteiger partial charge is 0.355 e. The van der Waals surface area contributed by atoms with E-state index < -0.39 is 0 Å². The highest BCUT2D eigenvalue weighted by Crippen LogP contribution is 2.22. The summed E-state index contributed by atoms with van der Waals surface area (Å²) in [5.74, 6) is 1.43. The second kappa shape index (κ2) is 6.50. The number of hydrogen-bond acceptors (Lipinski definition) is 3. The van der Waals surface area contributed by atoms with Crippen LogP contribution in [0.15, 0.2) is 0 Å². The Hall–Kier alpha value is -0.220. The zero-order valence-corrected chi connectivity index (χ0v) is 11.5. The van der Waals surface area contributed by atoms with E-state index in [2.05, 4.69) is 31.4 Å². The van der Waals surface area contributed by atoms with Crippen LogP contribution in [0.5, 0.6) is 0 Å². The number of thioether (sulfide) groups is 1. The molecule has 2 N–H and O–H groups in total. The molecule has 16 heavy (non-hydrogen) atoms. The minimum Gasteiger partial charge on any atom is -0.355 e. The van der Waals surface area contributed by atoms with Gasteiger partial charge in [0.25, 0.3) is 0 Å². The molecule has 0 aromatic carbocycles. The second-order valence-corrected chi connectivity index (χ2v) is 7.20. The lowest BCUT2D eigenvalue weighted by Gasteiger charge is -2.23. The molecule has 0 aliphatic carbocycles. The normalized spacial score (nSPS) is 18.4. The van der Waals surface area contributed by atoms with Crippen molar-refractivity contribution in [3.63, 3.8) is 0 Å². The molecule has 1 aliphatic heterocycles. The molecule has 0 radical (unpaired) electrons. The molecular weight excluding hydrogens is 220 g/mol. The highest BCUT2D eigenvalue weighted by Gasteiger charge is 2.16. The molecule has 4 heteroatoms. The number of hydrogen-bond donors (Lipinski definition) is 2. The van der Waals surface area contributed by atoms with E-state index in [4.69, 9.17) is 0 Å². The minimum atomic E-state index is 0.173. The van der Waals surface area contributed by atoms with Gasteiger partial charge in [0.2, 0.25) is 5.91 Å². The van der Waals surface area contributed by atoms with Crippen molar-refractivity contribution in [1.82, 2.24) is 10.6 Å². The van der Waals surface area contributed by atoms with Crippen molar-refractivity contribution < 1.29 is 4.79 Å². The molecule has 1 heterocycles. The summed E-state index contributed by atoms with van der Waals surface area (Å²) in [6, 6.07) is 0. The Morgan fingerprint density at radius 1 is 1.38 bits per heavy atom. The molecule has 0 unspecified atom stereocenters. The van der Waals surface area contributed by atoms with Crippen LogP contribution < -0.4 is 10.6 Å². The van der Waals surface area contributed by atoms with Crippen LogP contribution in [0.1, 0.15) is 33.6 Å². The third kappa shape index (κ3) is 6.38. The average Bonchev–Trinajstić information content (AvgIpc) is 2.24. The van der Waals surface area contributed by atoms with Gasteiger partial charge >= 0.3 is 0 Å². The SMILES string of the molecule is CC(C)(C)SCC(=O)NCC1CCNCC1. The Morgan fingerprint density at radius 2 is 2.00 bits per heavy atom. The summed E-state index contributed by atoms with van der Waals surface area (Å²) in [5.41, 5.74) is 0. The molecule has 0 aromatic heterocycles. The number of nitrogens with one attached hydrogen (secondary N) is 2. The number of carbonyl (C=O) groups is 1. The predicted molar refractivity (Wildman–Crippen MR) is 70.8 cm³/mol. The zero-order chi connectivity index (χ0) is 12.0. The Morgan fingerprint density at radius 3 is 2.56 bits per heavy atom. The first-order valence-corrected chi connectivity index (χ1v) is 7.07. The lowest BCUT2D eigenvalue weighted by atomic mass is 9.98. The van der Waals surface area contributed by atoms with E-state index in [-0.39, 0.29) is 10.7 Å². The van der Waals surface area contributed by atoms with E-state index in [0.29, 0.717) is 11.7 Å². The number of piperidine rings is 1. The summed E-state index contributed by atoms with van der Waals surface area (Å²) in [7, 11) is 0. The summed E-state index contributed by atoms with van der Waals surface area (Å²) < 4.78 is 0.173. The van der Waals surface area contributed by atoms with E-state index in [1.807, 2.05) is 0 Å². The third-order valence-electron chi connectivity index (χ3n) is 2.68. The van der Waals surface area contributed by atoms with E-state index in [1.165, 1.54) is 12.8 Å². The first kappa shape index (κ1) is 13.8. The lowest BCUT2D eigenvalue weighted by Crippen LogP contribution is -2.36. The molecule has 94 valence electrons. The first-order valence-electron chi connectivity index (χ1n) is 6.09. The minimum absolute atomic E-state index is 0.173. The van der Waals surface area contributed by atoms with Crippen LogP contribution in [0, 0.1) is 5.92 Å². The fourth-order valence-corrected chi connectivity index (χ4v) is 2.34. The van der Waals surface area contributed by atoms with Gasteiger partial charge in [0.1, 0.15) is 0 Å². The molecule has 1 aliphatic rings. The topological polar surface area (TPSA) is 41.1 Å². The maximum atomic E-state index is 11.6. The molecule has 3 nitrogen and oxygen atoms in total. The van der Waals surface area contributed by atoms with Crippen molar-refractivity contribution >= 4 is 17.7 Å². The van der Waals surface area contributed by atoms with E-state index in [1.54, 1.807) is 11.8 Å². The van der Waals surface area contributed by atoms with Crippen LogP contribution >= 0.6 is 11.8 Å². The fourth-order valence-electron chi connectivity index (χ4n) is 1.68. The molecule has 0 aromatic rings. The Balaban J connectivity index is 2.09. The van der Waals surface area contributed by atoms with Gasteiger partial charge in [0.05, 0.1) is 5.75 Å². The van der Waals surface area contributed by atoms with Crippen molar-refractivity contribution in [1.29, 1.82) is 0 Å². The van der Waals surface area contributed by atoms with Gasteiger partial charge in [-0.05, 0) is 31.8 Å². The number of carbonyl (C=O) groups excluding carboxylic acids is 1. The van der Waals surface area contributed by atoms with Gasteiger partial charge in [-0.25, -0.2) is 0 Å². The van der Waals surface area contributed by atoms with Gasteiger partial charge in [0, 0.05) is 11.3 Å². The number of amides is 1. The third-order valence-corrected chi connectivity index (χ3v) is 3.96. The van der Waals surface area contributed by atoms with Crippen molar-refractivity contribution in [3.05, 3.63) is 0 Å². The van der Waals surface area contributed by atoms with Gasteiger partial charge < -0.3 is 10.6 Å². The molecule has 1 saturated heterocycles. The average molecular weight is 244 g/mol. The van der Waals surface area contributed by atoms with Crippen molar-refractivity contribution in [3.8, 4) is 0 Å². The Labute approximate surface area is 103 Å². The fraction of sp³-hybridized carbons (Fsp3) is 0.917. The molecule has 1 amide bonds. The van der Waals surface area contributed by atoms with Crippen LogP contribution in [-0.2, 0) is 4.79 Å². The number of rotatable bonds is 4. The predicted octanol–water partition coefficient (Wildman–Crippen LogP) is 1.63. The maximum absolute atomic E-state index is 11.6. The lowest BCUT2D eigenvalue weighted by molar-refractivity contribution is -0.118. The van der Waals surface area contributed by atoms with E-state index in [9.17, 15) is 4.79 Å². The standard InChI is InChI=1S/C12H24N2OS/c1-12(2,3)16-9-11(15)14-8-10-4-6-13-7-5-10/h10,13H,4-9H2,1-3H3,(H,14,15). The summed E-state index contributed by atoms with van der Waals surface area (Å²) in [5, 5.41) is 6.37. The molecule has 1 rings (SSSR count). The summed E-state index contributed by atoms with van der Waals surface area (Å²) >= 11 is 1.70. The van der Waals surface area contributed by atoms with E-state index in [0.717, 1.165) is 19.6 Å². The van der Waals surface area contributed by atoms with Gasteiger partial charge in [-0.15, -0.1) is 11.8 Å². The van der Waals surface area contributed by atoms with E-state index >= 15 is 0 Å². The van der Waals surface area contributed by atoms with Gasteiger partial charge in [-0.2, -0.15) is 0 Å². The molecule has 0 atom stereocenters. The van der Waals surface area contributed by atoms with Crippen molar-refractivity contribution in [2.45, 2.75) is 38.4 Å². The van der Waals surface area contributed by atoms with Gasteiger partial charge in [0.15, 0.2) is 0 Å². The van der Waals surface area contributed by atoms with Crippen molar-refractivity contribution in [2.75, 3.05) is 25.4 Å². The maximum Gasteiger partial charge on any atom is 0.230 e. The van der Waals surface area contributed by atoms with Crippen LogP contribution in [0.4, 0.5) is 0 Å². The molecule has 0 spiro atoms. The first-order chi connectivity index (χ1) is 7.47. The summed E-state index contributed by atoms with van der Waals surface area (Å²) in [6.07, 6.45) is 2.37. The molecule has 0 bridgehead atoms. The van der Waals surface area contributed by atoms with Crippen LogP contribution in [-0.4, -0.2) is 36.0 Å². The highest BCUT2D eigenvalue weighted by atomic mass is 32.2. The quantitative estimate of drug-likeness (QED) is 0.790. The van der Waals surface area contributed by atoms with Gasteiger partial charge in [-0.1, -0.05) is 20.8 Å². The highest BCUT2D eigenvalue weighted by molar-refractivity contribution is 8.01. The zero-order valence-electron chi connectivity index (χ0n) is 10.6. The summed E-state index contributed by atoms with van der Waals surface area (Å²) in [6.45, 7) is 9.45. The molecule has 0 saturated carbocycles. The smallest absolute Gasteiger partial charge is 0.230 e. The Kier molecular flexibility index (Phi) is 5.62. The molecular formula is C12H24N2OS. The van der Waals surface area contributed by atoms with Crippen LogP contribution in [0.3, 0.4) is 0 Å². The molecule has 1 fully saturated rings. The van der Waals surface area contributed by atoms with Crippen LogP contribution in [0.2, 0.25) is 0 Å². The van der Waals surface area contributed by atoms with Gasteiger partial charge in [-0.3, -0.25) is 4.79 Å². The van der Waals surface area contributed by atoms with Crippen LogP contribution in [0.25, 0.3) is 0 Å². The monoisotopic (exact) mass is 244 g/mol. The van der Waals surface area contributed by atoms with Crippen molar-refractivity contribution in [2.24, 2.45) is 5.92 Å². The summed E-state index contributed by atoms with van der Waals surface area (Å²) in [4.78, 5) is 11.6. The Bertz CT molecular complexity index is 220.